The molecule has 0 unspecified atom stereocenters. The number of esters is 1. The van der Waals surface area contributed by atoms with Crippen LogP contribution in [0.4, 0.5) is 0 Å². The fraction of sp³-hybridized carbons (Fsp3) is 0.294. The fourth-order valence-corrected chi connectivity index (χ4v) is 3.01. The lowest BCUT2D eigenvalue weighted by Crippen LogP contribution is -2.19. The number of methoxy groups -OCH3 is 1. The molecular formula is C17H18BrN3O5S. The van der Waals surface area contributed by atoms with Crippen molar-refractivity contribution in [3.8, 4) is 5.75 Å². The molecule has 1 saturated heterocycles. The monoisotopic (exact) mass is 455 g/mol. The zero-order chi connectivity index (χ0) is 19.6. The molecule has 0 saturated carbocycles. The van der Waals surface area contributed by atoms with Gasteiger partial charge >= 0.3 is 5.97 Å². The molecule has 0 radical (unpaired) electrons. The molecule has 1 amide bonds. The average Bonchev–Trinajstić information content (AvgIpc) is 2.99. The number of hydrogen-bond acceptors (Lipinski definition) is 8. The first-order valence-electron chi connectivity index (χ1n) is 7.93. The van der Waals surface area contributed by atoms with E-state index in [1.807, 2.05) is 25.1 Å². The minimum atomic E-state index is -0.611. The first-order valence-corrected chi connectivity index (χ1v) is 9.54. The third-order valence-electron chi connectivity index (χ3n) is 3.11. The number of carbonyl (C=O) groups excluding carboxylic acids is 2. The zero-order valence-corrected chi connectivity index (χ0v) is 17.1. The molecule has 0 aliphatic carbocycles. The number of rotatable bonds is 8. The maximum absolute atomic E-state index is 11.8. The van der Waals surface area contributed by atoms with Gasteiger partial charge in [0.05, 0.1) is 24.8 Å². The Balaban J connectivity index is 2.06. The van der Waals surface area contributed by atoms with Gasteiger partial charge in [0, 0.05) is 22.7 Å². The van der Waals surface area contributed by atoms with Gasteiger partial charge in [-0.1, -0.05) is 15.9 Å². The van der Waals surface area contributed by atoms with Crippen LogP contribution in [0.25, 0.3) is 0 Å². The summed E-state index contributed by atoms with van der Waals surface area (Å²) in [6.07, 6.45) is 2.62. The summed E-state index contributed by atoms with van der Waals surface area (Å²) in [5.41, 5.74) is 0.713. The van der Waals surface area contributed by atoms with Crippen molar-refractivity contribution in [1.29, 1.82) is 0 Å². The molecule has 1 aromatic rings. The van der Waals surface area contributed by atoms with Crippen molar-refractivity contribution in [2.75, 3.05) is 26.9 Å². The summed E-state index contributed by atoms with van der Waals surface area (Å²) in [5.74, 6) is -0.404. The van der Waals surface area contributed by atoms with Gasteiger partial charge in [0.25, 0.3) is 5.91 Å². The highest BCUT2D eigenvalue weighted by molar-refractivity contribution is 9.10. The summed E-state index contributed by atoms with van der Waals surface area (Å²) in [4.78, 5) is 23.2. The third-order valence-corrected chi connectivity index (χ3v) is 4.50. The van der Waals surface area contributed by atoms with E-state index in [0.29, 0.717) is 31.1 Å². The Morgan fingerprint density at radius 3 is 2.93 bits per heavy atom. The first-order chi connectivity index (χ1) is 13.0. The number of hydrogen-bond donors (Lipinski definition) is 1. The number of halogens is 1. The van der Waals surface area contributed by atoms with Crippen LogP contribution in [0, 0.1) is 0 Å². The van der Waals surface area contributed by atoms with Crippen LogP contribution in [-0.2, 0) is 19.1 Å². The lowest BCUT2D eigenvalue weighted by atomic mass is 10.2. The molecule has 144 valence electrons. The molecule has 0 atom stereocenters. The highest BCUT2D eigenvalue weighted by Gasteiger charge is 2.25. The lowest BCUT2D eigenvalue weighted by Gasteiger charge is -2.09. The molecule has 1 fully saturated rings. The Labute approximate surface area is 169 Å². The smallest absolute Gasteiger partial charge is 0.331 e. The Bertz CT molecular complexity index is 795. The fourth-order valence-electron chi connectivity index (χ4n) is 1.89. The average molecular weight is 456 g/mol. The Hall–Kier alpha value is -2.17. The van der Waals surface area contributed by atoms with Gasteiger partial charge in [-0.3, -0.25) is 10.1 Å². The van der Waals surface area contributed by atoms with Crippen LogP contribution in [0.3, 0.4) is 0 Å². The molecule has 1 N–H and O–H groups in total. The number of benzene rings is 1. The van der Waals surface area contributed by atoms with Gasteiger partial charge in [-0.25, -0.2) is 4.79 Å². The molecule has 1 aromatic carbocycles. The molecule has 1 heterocycles. The molecule has 8 nitrogen and oxygen atoms in total. The molecule has 2 rings (SSSR count). The third kappa shape index (κ3) is 6.81. The summed E-state index contributed by atoms with van der Waals surface area (Å²) in [7, 11) is 1.24. The van der Waals surface area contributed by atoms with Crippen LogP contribution in [0.5, 0.6) is 5.75 Å². The van der Waals surface area contributed by atoms with Crippen LogP contribution < -0.4 is 10.1 Å². The van der Waals surface area contributed by atoms with Crippen LogP contribution in [0.1, 0.15) is 12.5 Å². The summed E-state index contributed by atoms with van der Waals surface area (Å²) < 4.78 is 16.3. The number of nitrogens with one attached hydrogen (secondary N) is 1. The number of thioether (sulfide) groups is 1. The SMILES string of the molecule is CCOCCOc1ccc(Br)cc1C=N/N=C1/NC(=O)/C(=C\C(=O)OC)S1. The van der Waals surface area contributed by atoms with E-state index < -0.39 is 11.9 Å². The second-order valence-electron chi connectivity index (χ2n) is 4.97. The minimum Gasteiger partial charge on any atom is -0.491 e. The molecule has 1 aliphatic rings. The van der Waals surface area contributed by atoms with Gasteiger partial charge in [-0.2, -0.15) is 5.10 Å². The summed E-state index contributed by atoms with van der Waals surface area (Å²) in [6.45, 7) is 3.45. The minimum absolute atomic E-state index is 0.193. The van der Waals surface area contributed by atoms with Gasteiger partial charge in [0.2, 0.25) is 0 Å². The van der Waals surface area contributed by atoms with E-state index in [4.69, 9.17) is 9.47 Å². The molecule has 1 aliphatic heterocycles. The second kappa shape index (κ2) is 10.9. The van der Waals surface area contributed by atoms with Crippen LogP contribution in [0.15, 0.2) is 43.9 Å². The van der Waals surface area contributed by atoms with Crippen molar-refractivity contribution in [3.63, 3.8) is 0 Å². The molecule has 27 heavy (non-hydrogen) atoms. The van der Waals surface area contributed by atoms with E-state index >= 15 is 0 Å². The largest absolute Gasteiger partial charge is 0.491 e. The second-order valence-corrected chi connectivity index (χ2v) is 6.91. The summed E-state index contributed by atoms with van der Waals surface area (Å²) in [6, 6.07) is 5.51. The van der Waals surface area contributed by atoms with Crippen LogP contribution >= 0.6 is 27.7 Å². The number of amidine groups is 1. The maximum Gasteiger partial charge on any atom is 0.331 e. The highest BCUT2D eigenvalue weighted by atomic mass is 79.9. The van der Waals surface area contributed by atoms with Crippen molar-refractivity contribution in [2.24, 2.45) is 10.2 Å². The van der Waals surface area contributed by atoms with Crippen molar-refractivity contribution >= 4 is 51.0 Å². The van der Waals surface area contributed by atoms with Gasteiger partial charge in [0.15, 0.2) is 5.17 Å². The van der Waals surface area contributed by atoms with E-state index in [0.717, 1.165) is 22.3 Å². The Kier molecular flexibility index (Phi) is 8.49. The van der Waals surface area contributed by atoms with E-state index in [1.165, 1.54) is 13.3 Å². The summed E-state index contributed by atoms with van der Waals surface area (Å²) in [5, 5.41) is 10.7. The maximum atomic E-state index is 11.8. The first kappa shape index (κ1) is 21.1. The lowest BCUT2D eigenvalue weighted by molar-refractivity contribution is -0.135. The molecule has 0 spiro atoms. The molecular weight excluding hydrogens is 438 g/mol. The predicted octanol–water partition coefficient (Wildman–Crippen LogP) is 2.47. The predicted molar refractivity (Wildman–Crippen MR) is 107 cm³/mol. The summed E-state index contributed by atoms with van der Waals surface area (Å²) >= 11 is 4.41. The number of carbonyl (C=O) groups is 2. The van der Waals surface area contributed by atoms with Gasteiger partial charge < -0.3 is 14.2 Å². The highest BCUT2D eigenvalue weighted by Crippen LogP contribution is 2.24. The van der Waals surface area contributed by atoms with Gasteiger partial charge in [-0.05, 0) is 36.9 Å². The molecule has 10 heteroatoms. The number of ether oxygens (including phenoxy) is 3. The van der Waals surface area contributed by atoms with Gasteiger partial charge in [-0.15, -0.1) is 5.10 Å². The van der Waals surface area contributed by atoms with Crippen LogP contribution in [0.2, 0.25) is 0 Å². The van der Waals surface area contributed by atoms with E-state index in [1.54, 1.807) is 0 Å². The van der Waals surface area contributed by atoms with Gasteiger partial charge in [0.1, 0.15) is 12.4 Å². The van der Waals surface area contributed by atoms with Crippen molar-refractivity contribution < 1.29 is 23.8 Å². The molecule has 0 aromatic heterocycles. The normalized spacial score (nSPS) is 16.9. The standard InChI is InChI=1S/C17H18BrN3O5S/c1-3-25-6-7-26-13-5-4-12(18)8-11(13)10-19-21-17-20-16(23)14(27-17)9-15(22)24-2/h4-5,8-10H,3,6-7H2,1-2H3,(H,20,21,23)/b14-9+,19-10?. The van der Waals surface area contributed by atoms with Crippen LogP contribution in [-0.4, -0.2) is 50.2 Å². The molecule has 0 bridgehead atoms. The zero-order valence-electron chi connectivity index (χ0n) is 14.7. The van der Waals surface area contributed by atoms with E-state index in [-0.39, 0.29) is 10.1 Å². The Morgan fingerprint density at radius 2 is 2.19 bits per heavy atom. The number of nitrogens with zero attached hydrogens (tertiary/aromatic N) is 2. The topological polar surface area (TPSA) is 98.6 Å². The van der Waals surface area contributed by atoms with Crippen molar-refractivity contribution in [2.45, 2.75) is 6.92 Å². The van der Waals surface area contributed by atoms with E-state index in [2.05, 4.69) is 36.2 Å². The quantitative estimate of drug-likeness (QED) is 0.212. The van der Waals surface area contributed by atoms with Crippen molar-refractivity contribution in [3.05, 3.63) is 39.2 Å². The van der Waals surface area contributed by atoms with Crippen molar-refractivity contribution in [1.82, 2.24) is 5.32 Å². The Morgan fingerprint density at radius 1 is 1.37 bits per heavy atom. The number of amides is 1. The van der Waals surface area contributed by atoms with E-state index in [9.17, 15) is 9.59 Å².